The van der Waals surface area contributed by atoms with Crippen LogP contribution in [0.15, 0.2) is 35.2 Å². The van der Waals surface area contributed by atoms with Crippen LogP contribution in [0.2, 0.25) is 0 Å². The Kier molecular flexibility index (Phi) is 5.03. The first-order valence-electron chi connectivity index (χ1n) is 9.62. The summed E-state index contributed by atoms with van der Waals surface area (Å²) < 4.78 is 27.2. The zero-order chi connectivity index (χ0) is 18.1. The fourth-order valence-corrected chi connectivity index (χ4v) is 6.09. The van der Waals surface area contributed by atoms with Crippen LogP contribution in [0.5, 0.6) is 0 Å². The summed E-state index contributed by atoms with van der Waals surface area (Å²) in [5, 5.41) is 3.23. The summed E-state index contributed by atoms with van der Waals surface area (Å²) >= 11 is 0. The maximum Gasteiger partial charge on any atom is 0.243 e. The third-order valence-electron chi connectivity index (χ3n) is 6.12. The van der Waals surface area contributed by atoms with Crippen LogP contribution < -0.4 is 5.32 Å². The van der Waals surface area contributed by atoms with Gasteiger partial charge in [0.05, 0.1) is 10.8 Å². The van der Waals surface area contributed by atoms with Gasteiger partial charge in [0.15, 0.2) is 0 Å². The Labute approximate surface area is 155 Å². The first-order valence-corrected chi connectivity index (χ1v) is 11.1. The molecule has 142 valence electrons. The number of carbonyl (C=O) groups is 1. The zero-order valence-electron chi connectivity index (χ0n) is 15.0. The van der Waals surface area contributed by atoms with Crippen molar-refractivity contribution in [2.75, 3.05) is 32.7 Å². The third-order valence-corrected chi connectivity index (χ3v) is 8.00. The van der Waals surface area contributed by atoms with E-state index in [1.807, 2.05) is 0 Å². The van der Waals surface area contributed by atoms with Crippen molar-refractivity contribution >= 4 is 15.9 Å². The van der Waals surface area contributed by atoms with Gasteiger partial charge in [-0.1, -0.05) is 18.2 Å². The van der Waals surface area contributed by atoms with Gasteiger partial charge in [0.2, 0.25) is 15.9 Å². The lowest BCUT2D eigenvalue weighted by Gasteiger charge is -2.45. The molecule has 1 aromatic carbocycles. The van der Waals surface area contributed by atoms with Crippen molar-refractivity contribution in [2.24, 2.45) is 11.8 Å². The van der Waals surface area contributed by atoms with Gasteiger partial charge < -0.3 is 10.2 Å². The number of sulfonamides is 1. The van der Waals surface area contributed by atoms with Gasteiger partial charge in [-0.2, -0.15) is 4.31 Å². The molecule has 4 fully saturated rings. The minimum absolute atomic E-state index is 0.0247. The molecule has 1 N–H and O–H groups in total. The lowest BCUT2D eigenvalue weighted by molar-refractivity contribution is -0.128. The van der Waals surface area contributed by atoms with Gasteiger partial charge >= 0.3 is 0 Å². The Balaban J connectivity index is 1.41. The molecule has 7 heteroatoms. The van der Waals surface area contributed by atoms with Gasteiger partial charge in [-0.25, -0.2) is 8.42 Å². The van der Waals surface area contributed by atoms with E-state index < -0.39 is 10.0 Å². The molecule has 0 spiro atoms. The van der Waals surface area contributed by atoms with Crippen LogP contribution >= 0.6 is 0 Å². The maximum absolute atomic E-state index is 12.8. The van der Waals surface area contributed by atoms with Crippen molar-refractivity contribution < 1.29 is 13.2 Å². The molecule has 5 rings (SSSR count). The number of nitrogens with zero attached hydrogens (tertiary/aromatic N) is 2. The van der Waals surface area contributed by atoms with Crippen LogP contribution in [0.4, 0.5) is 0 Å². The van der Waals surface area contributed by atoms with E-state index in [1.54, 1.807) is 30.3 Å². The highest BCUT2D eigenvalue weighted by Crippen LogP contribution is 2.29. The summed E-state index contributed by atoms with van der Waals surface area (Å²) in [6.45, 7) is 3.99. The molecule has 2 atom stereocenters. The van der Waals surface area contributed by atoms with Crippen LogP contribution in [-0.4, -0.2) is 62.3 Å². The predicted molar refractivity (Wildman–Crippen MR) is 99.0 cm³/mol. The molecular weight excluding hydrogens is 350 g/mol. The summed E-state index contributed by atoms with van der Waals surface area (Å²) in [6, 6.07) is 8.73. The second kappa shape index (κ2) is 7.29. The first kappa shape index (κ1) is 17.9. The first-order chi connectivity index (χ1) is 12.5. The molecule has 4 saturated heterocycles. The van der Waals surface area contributed by atoms with Crippen LogP contribution in [0.3, 0.4) is 0 Å². The molecule has 26 heavy (non-hydrogen) atoms. The minimum Gasteiger partial charge on any atom is -0.352 e. The van der Waals surface area contributed by atoms with Gasteiger partial charge in [-0.05, 0) is 56.8 Å². The van der Waals surface area contributed by atoms with E-state index in [2.05, 4.69) is 10.2 Å². The number of amides is 1. The van der Waals surface area contributed by atoms with Crippen molar-refractivity contribution in [3.8, 4) is 0 Å². The fourth-order valence-electron chi connectivity index (χ4n) is 4.55. The van der Waals surface area contributed by atoms with Gasteiger partial charge in [0.1, 0.15) is 0 Å². The summed E-state index contributed by atoms with van der Waals surface area (Å²) in [7, 11) is -3.52. The smallest absolute Gasteiger partial charge is 0.243 e. The van der Waals surface area contributed by atoms with Crippen molar-refractivity contribution in [2.45, 2.75) is 36.6 Å². The van der Waals surface area contributed by atoms with Gasteiger partial charge in [-0.3, -0.25) is 4.79 Å². The zero-order valence-corrected chi connectivity index (χ0v) is 15.8. The number of piperidine rings is 4. The number of fused-ring (bicyclic) bond motifs is 3. The molecule has 0 radical (unpaired) electrons. The van der Waals surface area contributed by atoms with Crippen LogP contribution in [0.1, 0.15) is 25.7 Å². The van der Waals surface area contributed by atoms with E-state index in [0.717, 1.165) is 45.3 Å². The Bertz CT molecular complexity index is 745. The Morgan fingerprint density at radius 2 is 1.73 bits per heavy atom. The lowest BCUT2D eigenvalue weighted by atomic mass is 9.83. The Morgan fingerprint density at radius 3 is 2.38 bits per heavy atom. The van der Waals surface area contributed by atoms with Crippen LogP contribution in [0, 0.1) is 11.8 Å². The molecule has 1 amide bonds. The number of carbonyl (C=O) groups excluding carboxylic acids is 1. The quantitative estimate of drug-likeness (QED) is 0.859. The average molecular weight is 378 g/mol. The fraction of sp³-hybridized carbons (Fsp3) is 0.632. The van der Waals surface area contributed by atoms with Gasteiger partial charge in [-0.15, -0.1) is 0 Å². The molecule has 4 heterocycles. The molecule has 2 unspecified atom stereocenters. The molecule has 0 aliphatic carbocycles. The molecule has 4 aliphatic heterocycles. The number of benzene rings is 1. The predicted octanol–water partition coefficient (Wildman–Crippen LogP) is 1.30. The Morgan fingerprint density at radius 1 is 1.00 bits per heavy atom. The molecule has 0 saturated carbocycles. The second-order valence-electron chi connectivity index (χ2n) is 7.77. The average Bonchev–Trinajstić information content (AvgIpc) is 2.70. The lowest BCUT2D eigenvalue weighted by Crippen LogP contribution is -2.58. The highest BCUT2D eigenvalue weighted by molar-refractivity contribution is 7.89. The van der Waals surface area contributed by atoms with E-state index in [-0.39, 0.29) is 24.4 Å². The van der Waals surface area contributed by atoms with E-state index in [9.17, 15) is 13.2 Å². The summed E-state index contributed by atoms with van der Waals surface area (Å²) in [6.07, 6.45) is 3.80. The molecule has 4 aliphatic rings. The number of hydrogen-bond donors (Lipinski definition) is 1. The SMILES string of the molecule is O=C(NC1CN2CCC1CC2)C1CCCN(S(=O)(=O)c2ccccc2)C1. The molecule has 6 nitrogen and oxygen atoms in total. The van der Waals surface area contributed by atoms with Gasteiger partial charge in [0, 0.05) is 25.7 Å². The third kappa shape index (κ3) is 3.52. The molecular formula is C19H27N3O3S. The Hall–Kier alpha value is -1.44. The molecule has 1 aromatic rings. The largest absolute Gasteiger partial charge is 0.352 e. The van der Waals surface area contributed by atoms with E-state index in [1.165, 1.54) is 4.31 Å². The summed E-state index contributed by atoms with van der Waals surface area (Å²) in [4.78, 5) is 15.5. The minimum atomic E-state index is -3.52. The highest BCUT2D eigenvalue weighted by Gasteiger charge is 2.38. The van der Waals surface area contributed by atoms with E-state index >= 15 is 0 Å². The standard InChI is InChI=1S/C19H27N3O3S/c23-19(20-18-14-21-11-8-15(18)9-12-21)16-5-4-10-22(13-16)26(24,25)17-6-2-1-3-7-17/h1-3,6-7,15-16,18H,4-5,8-14H2,(H,20,23). The van der Waals surface area contributed by atoms with Crippen LogP contribution in [-0.2, 0) is 14.8 Å². The highest BCUT2D eigenvalue weighted by atomic mass is 32.2. The molecule has 0 aromatic heterocycles. The number of nitrogens with one attached hydrogen (secondary N) is 1. The van der Waals surface area contributed by atoms with E-state index in [4.69, 9.17) is 0 Å². The second-order valence-corrected chi connectivity index (χ2v) is 9.71. The molecule has 2 bridgehead atoms. The van der Waals surface area contributed by atoms with Crippen molar-refractivity contribution in [1.82, 2.24) is 14.5 Å². The van der Waals surface area contributed by atoms with Crippen LogP contribution in [0.25, 0.3) is 0 Å². The monoisotopic (exact) mass is 377 g/mol. The van der Waals surface area contributed by atoms with Crippen molar-refractivity contribution in [3.05, 3.63) is 30.3 Å². The summed E-state index contributed by atoms with van der Waals surface area (Å²) in [5.41, 5.74) is 0. The normalized spacial score (nSPS) is 32.3. The van der Waals surface area contributed by atoms with Crippen molar-refractivity contribution in [3.63, 3.8) is 0 Å². The maximum atomic E-state index is 12.8. The number of hydrogen-bond acceptors (Lipinski definition) is 4. The van der Waals surface area contributed by atoms with Gasteiger partial charge in [0.25, 0.3) is 0 Å². The number of rotatable bonds is 4. The topological polar surface area (TPSA) is 69.7 Å². The van der Waals surface area contributed by atoms with Crippen molar-refractivity contribution in [1.29, 1.82) is 0 Å². The van der Waals surface area contributed by atoms with E-state index in [0.29, 0.717) is 17.4 Å². The summed E-state index contributed by atoms with van der Waals surface area (Å²) in [5.74, 6) is 0.353.